The van der Waals surface area contributed by atoms with E-state index in [4.69, 9.17) is 4.74 Å². The zero-order chi connectivity index (χ0) is 26.1. The van der Waals surface area contributed by atoms with Crippen LogP contribution in [0.15, 0.2) is 77.7 Å². The predicted octanol–water partition coefficient (Wildman–Crippen LogP) is 4.55. The SMILES string of the molecule is COc1ccc2c(c1)/C(=C/C(=O)c1cccc(NS(=O)(=O)c3ccc([N+](=O)[O-])cc3)c1)NC(C)(C)C2. The first-order valence-electron chi connectivity index (χ1n) is 11.1. The van der Waals surface area contributed by atoms with Crippen LogP contribution in [0.2, 0.25) is 0 Å². The van der Waals surface area contributed by atoms with Crippen LogP contribution in [0, 0.1) is 10.1 Å². The van der Waals surface area contributed by atoms with Gasteiger partial charge >= 0.3 is 0 Å². The number of ether oxygens (including phenoxy) is 1. The molecule has 10 heteroatoms. The van der Waals surface area contributed by atoms with Gasteiger partial charge in [-0.25, -0.2) is 8.42 Å². The van der Waals surface area contributed by atoms with Crippen molar-refractivity contribution in [2.45, 2.75) is 30.7 Å². The number of sulfonamides is 1. The molecule has 0 fully saturated rings. The largest absolute Gasteiger partial charge is 0.497 e. The summed E-state index contributed by atoms with van der Waals surface area (Å²) in [7, 11) is -2.43. The minimum absolute atomic E-state index is 0.133. The molecule has 0 saturated heterocycles. The number of fused-ring (bicyclic) bond motifs is 1. The molecule has 2 N–H and O–H groups in total. The number of carbonyl (C=O) groups excluding carboxylic acids is 1. The number of anilines is 1. The van der Waals surface area contributed by atoms with E-state index in [0.717, 1.165) is 41.8 Å². The molecule has 9 nitrogen and oxygen atoms in total. The Bertz CT molecular complexity index is 1480. The van der Waals surface area contributed by atoms with E-state index in [2.05, 4.69) is 10.0 Å². The molecule has 4 rings (SSSR count). The average Bonchev–Trinajstić information content (AvgIpc) is 2.83. The number of benzene rings is 3. The van der Waals surface area contributed by atoms with Crippen molar-refractivity contribution >= 4 is 32.9 Å². The van der Waals surface area contributed by atoms with Gasteiger partial charge in [0.1, 0.15) is 5.75 Å². The molecular weight excluding hydrogens is 482 g/mol. The Kier molecular flexibility index (Phi) is 6.55. The molecule has 0 spiro atoms. The van der Waals surface area contributed by atoms with Gasteiger partial charge in [0.15, 0.2) is 5.78 Å². The molecule has 0 atom stereocenters. The average molecular weight is 508 g/mol. The van der Waals surface area contributed by atoms with E-state index in [9.17, 15) is 23.3 Å². The minimum Gasteiger partial charge on any atom is -0.497 e. The Labute approximate surface area is 209 Å². The van der Waals surface area contributed by atoms with E-state index in [0.29, 0.717) is 17.0 Å². The second kappa shape index (κ2) is 9.46. The highest BCUT2D eigenvalue weighted by atomic mass is 32.2. The number of carbonyl (C=O) groups is 1. The quantitative estimate of drug-likeness (QED) is 0.208. The second-order valence-electron chi connectivity index (χ2n) is 9.07. The third kappa shape index (κ3) is 5.38. The molecule has 1 aliphatic heterocycles. The van der Waals surface area contributed by atoms with Gasteiger partial charge in [-0.15, -0.1) is 0 Å². The fourth-order valence-corrected chi connectivity index (χ4v) is 5.11. The fourth-order valence-electron chi connectivity index (χ4n) is 4.06. The second-order valence-corrected chi connectivity index (χ2v) is 10.8. The summed E-state index contributed by atoms with van der Waals surface area (Å²) < 4.78 is 33.3. The van der Waals surface area contributed by atoms with Crippen LogP contribution in [0.1, 0.15) is 35.3 Å². The lowest BCUT2D eigenvalue weighted by Crippen LogP contribution is -2.43. The number of hydrogen-bond donors (Lipinski definition) is 2. The molecule has 1 heterocycles. The van der Waals surface area contributed by atoms with Crippen LogP contribution in [0.25, 0.3) is 5.70 Å². The Morgan fingerprint density at radius 3 is 2.50 bits per heavy atom. The number of nitrogens with zero attached hydrogens (tertiary/aromatic N) is 1. The lowest BCUT2D eigenvalue weighted by Gasteiger charge is -2.35. The number of rotatable bonds is 7. The van der Waals surface area contributed by atoms with Crippen molar-refractivity contribution in [2.24, 2.45) is 0 Å². The summed E-state index contributed by atoms with van der Waals surface area (Å²) in [4.78, 5) is 23.3. The lowest BCUT2D eigenvalue weighted by atomic mass is 9.85. The summed E-state index contributed by atoms with van der Waals surface area (Å²) in [5.74, 6) is 0.372. The van der Waals surface area contributed by atoms with Gasteiger partial charge in [-0.05, 0) is 62.2 Å². The molecule has 0 amide bonds. The van der Waals surface area contributed by atoms with E-state index < -0.39 is 14.9 Å². The normalized spacial score (nSPS) is 15.5. The molecule has 36 heavy (non-hydrogen) atoms. The summed E-state index contributed by atoms with van der Waals surface area (Å²) >= 11 is 0. The number of nitro benzene ring substituents is 1. The van der Waals surface area contributed by atoms with Gasteiger partial charge in [-0.1, -0.05) is 18.2 Å². The van der Waals surface area contributed by atoms with Gasteiger partial charge in [0.2, 0.25) is 0 Å². The van der Waals surface area contributed by atoms with Crippen molar-refractivity contribution in [3.8, 4) is 5.75 Å². The summed E-state index contributed by atoms with van der Waals surface area (Å²) in [6, 6.07) is 16.5. The van der Waals surface area contributed by atoms with Gasteiger partial charge in [-0.2, -0.15) is 0 Å². The van der Waals surface area contributed by atoms with Crippen molar-refractivity contribution in [3.05, 3.63) is 99.6 Å². The smallest absolute Gasteiger partial charge is 0.269 e. The Morgan fingerprint density at radius 2 is 1.83 bits per heavy atom. The molecule has 1 aliphatic rings. The van der Waals surface area contributed by atoms with Crippen molar-refractivity contribution < 1.29 is 22.9 Å². The molecule has 0 aromatic heterocycles. The lowest BCUT2D eigenvalue weighted by molar-refractivity contribution is -0.384. The first kappa shape index (κ1) is 24.9. The van der Waals surface area contributed by atoms with Crippen LogP contribution in [0.3, 0.4) is 0 Å². The number of allylic oxidation sites excluding steroid dienone is 1. The fraction of sp³-hybridized carbons (Fsp3) is 0.192. The molecule has 3 aromatic rings. The highest BCUT2D eigenvalue weighted by Gasteiger charge is 2.28. The topological polar surface area (TPSA) is 128 Å². The summed E-state index contributed by atoms with van der Waals surface area (Å²) in [6.45, 7) is 4.10. The van der Waals surface area contributed by atoms with Crippen LogP contribution in [0.4, 0.5) is 11.4 Å². The summed E-state index contributed by atoms with van der Waals surface area (Å²) in [5, 5.41) is 14.2. The number of non-ortho nitro benzene ring substituents is 1. The molecule has 0 bridgehead atoms. The first-order valence-corrected chi connectivity index (χ1v) is 12.5. The van der Waals surface area contributed by atoms with Crippen LogP contribution in [-0.4, -0.2) is 31.8 Å². The van der Waals surface area contributed by atoms with Crippen LogP contribution < -0.4 is 14.8 Å². The van der Waals surface area contributed by atoms with Gasteiger partial charge < -0.3 is 10.1 Å². The maximum absolute atomic E-state index is 13.2. The third-order valence-electron chi connectivity index (χ3n) is 5.75. The number of ketones is 1. The maximum Gasteiger partial charge on any atom is 0.269 e. The maximum atomic E-state index is 13.2. The van der Waals surface area contributed by atoms with Gasteiger partial charge in [0, 0.05) is 46.3 Å². The zero-order valence-corrected chi connectivity index (χ0v) is 20.8. The Balaban J connectivity index is 1.61. The monoisotopic (exact) mass is 507 g/mol. The number of hydrogen-bond acceptors (Lipinski definition) is 7. The summed E-state index contributed by atoms with van der Waals surface area (Å²) in [5.41, 5.74) is 2.61. The molecule has 0 unspecified atom stereocenters. The van der Waals surface area contributed by atoms with Crippen LogP contribution in [0.5, 0.6) is 5.75 Å². The van der Waals surface area contributed by atoms with Crippen LogP contribution in [-0.2, 0) is 16.4 Å². The first-order chi connectivity index (χ1) is 17.0. The molecular formula is C26H25N3O6S. The zero-order valence-electron chi connectivity index (χ0n) is 19.9. The molecule has 186 valence electrons. The molecule has 0 aliphatic carbocycles. The van der Waals surface area contributed by atoms with E-state index in [1.54, 1.807) is 19.2 Å². The van der Waals surface area contributed by atoms with E-state index in [1.807, 2.05) is 32.0 Å². The summed E-state index contributed by atoms with van der Waals surface area (Å²) in [6.07, 6.45) is 2.28. The van der Waals surface area contributed by atoms with Gasteiger partial charge in [-0.3, -0.25) is 19.6 Å². The predicted molar refractivity (Wildman–Crippen MR) is 137 cm³/mol. The van der Waals surface area contributed by atoms with E-state index in [-0.39, 0.29) is 27.6 Å². The van der Waals surface area contributed by atoms with Crippen molar-refractivity contribution in [1.29, 1.82) is 0 Å². The van der Waals surface area contributed by atoms with Crippen molar-refractivity contribution in [3.63, 3.8) is 0 Å². The number of methoxy groups -OCH3 is 1. The van der Waals surface area contributed by atoms with Gasteiger partial charge in [0.25, 0.3) is 15.7 Å². The highest BCUT2D eigenvalue weighted by molar-refractivity contribution is 7.92. The third-order valence-corrected chi connectivity index (χ3v) is 7.14. The van der Waals surface area contributed by atoms with E-state index >= 15 is 0 Å². The van der Waals surface area contributed by atoms with Crippen molar-refractivity contribution in [1.82, 2.24) is 5.32 Å². The molecule has 0 saturated carbocycles. The molecule has 0 radical (unpaired) electrons. The number of nitrogens with one attached hydrogen (secondary N) is 2. The number of nitro groups is 1. The standard InChI is InChI=1S/C26H25N3O6S/c1-26(2)16-18-7-10-21(35-3)14-23(18)24(27-26)15-25(30)17-5-4-6-19(13-17)28-36(33,34)22-11-8-20(9-12-22)29(31)32/h4-15,27-28H,16H2,1-3H3/b24-15-. The van der Waals surface area contributed by atoms with E-state index in [1.165, 1.54) is 18.2 Å². The Hall–Kier alpha value is -4.18. The van der Waals surface area contributed by atoms with Crippen LogP contribution >= 0.6 is 0 Å². The molecule has 3 aromatic carbocycles. The minimum atomic E-state index is -4.01. The Morgan fingerprint density at radius 1 is 1.11 bits per heavy atom. The van der Waals surface area contributed by atoms with Crippen molar-refractivity contribution in [2.75, 3.05) is 11.8 Å². The highest BCUT2D eigenvalue weighted by Crippen LogP contribution is 2.32. The van der Waals surface area contributed by atoms with Gasteiger partial charge in [0.05, 0.1) is 16.9 Å².